The van der Waals surface area contributed by atoms with E-state index in [-0.39, 0.29) is 22.3 Å². The molecule has 0 aliphatic heterocycles. The van der Waals surface area contributed by atoms with Gasteiger partial charge in [-0.15, -0.1) is 0 Å². The average Bonchev–Trinajstić information content (AvgIpc) is 3.03. The molecule has 6 heteroatoms. The molecule has 4 aliphatic carbocycles. The Hall–Kier alpha value is -1.21. The fraction of sp³-hybridized carbons (Fsp3) is 0.733. The number of allylic oxidation sites excluding steroid dienone is 1. The molecule has 5 rings (SSSR count). The maximum Gasteiger partial charge on any atom is 0.333 e. The molecule has 1 aromatic rings. The van der Waals surface area contributed by atoms with E-state index < -0.39 is 15.9 Å². The topological polar surface area (TPSA) is 89.6 Å². The molecule has 36 heavy (non-hydrogen) atoms. The molecule has 200 valence electrons. The van der Waals surface area contributed by atoms with Gasteiger partial charge < -0.3 is 5.11 Å². The van der Waals surface area contributed by atoms with Crippen LogP contribution < -0.4 is 5.14 Å². The monoisotopic (exact) mass is 515 g/mol. The van der Waals surface area contributed by atoms with E-state index in [1.165, 1.54) is 16.7 Å². The highest BCUT2D eigenvalue weighted by molar-refractivity contribution is 7.84. The molecule has 3 saturated carbocycles. The van der Waals surface area contributed by atoms with Crippen molar-refractivity contribution in [3.8, 4) is 0 Å². The summed E-state index contributed by atoms with van der Waals surface area (Å²) in [5.41, 5.74) is 3.40. The van der Waals surface area contributed by atoms with Crippen molar-refractivity contribution in [2.45, 2.75) is 110 Å². The van der Waals surface area contributed by atoms with Gasteiger partial charge in [-0.1, -0.05) is 70.5 Å². The van der Waals surface area contributed by atoms with Gasteiger partial charge in [-0.25, -0.2) is 5.14 Å². The Morgan fingerprint density at radius 2 is 1.69 bits per heavy atom. The van der Waals surface area contributed by atoms with Crippen molar-refractivity contribution in [3.05, 3.63) is 47.0 Å². The van der Waals surface area contributed by atoms with Crippen molar-refractivity contribution in [1.82, 2.24) is 0 Å². The summed E-state index contributed by atoms with van der Waals surface area (Å²) >= 11 is 0. The molecule has 0 saturated heterocycles. The summed E-state index contributed by atoms with van der Waals surface area (Å²) in [6.07, 6.45) is 10.2. The quantitative estimate of drug-likeness (QED) is 0.495. The fourth-order valence-corrected chi connectivity index (χ4v) is 9.30. The van der Waals surface area contributed by atoms with Crippen molar-refractivity contribution in [2.24, 2.45) is 33.7 Å². The third kappa shape index (κ3) is 4.40. The molecule has 0 bridgehead atoms. The second kappa shape index (κ2) is 8.65. The van der Waals surface area contributed by atoms with E-state index in [9.17, 15) is 13.5 Å². The average molecular weight is 516 g/mol. The molecule has 0 radical (unpaired) electrons. The molecule has 0 heterocycles. The van der Waals surface area contributed by atoms with Gasteiger partial charge in [0, 0.05) is 6.42 Å². The molecule has 0 spiro atoms. The zero-order valence-electron chi connectivity index (χ0n) is 22.7. The summed E-state index contributed by atoms with van der Waals surface area (Å²) in [5, 5.41) is 17.3. The number of hydrogen-bond acceptors (Lipinski definition) is 4. The molecule has 0 amide bonds. The van der Waals surface area contributed by atoms with Crippen LogP contribution in [0.5, 0.6) is 0 Å². The summed E-state index contributed by atoms with van der Waals surface area (Å²) in [6, 6.07) is 8.91. The van der Waals surface area contributed by atoms with Crippen LogP contribution >= 0.6 is 0 Å². The molecule has 3 fully saturated rings. The SMILES string of the molecule is CC(C)(C)c1ccc(C[C@]2(O)CC[C@H]3[C@@H]4CC=C5C[C@@H](OS(N)(=O)=O)CC[C@]5(C)[C@H]4CC[C@@]32C)cc1. The molecule has 0 aromatic heterocycles. The Morgan fingerprint density at radius 3 is 2.33 bits per heavy atom. The van der Waals surface area contributed by atoms with E-state index in [4.69, 9.17) is 9.32 Å². The minimum Gasteiger partial charge on any atom is -0.389 e. The van der Waals surface area contributed by atoms with Crippen molar-refractivity contribution >= 4 is 10.3 Å². The van der Waals surface area contributed by atoms with E-state index in [2.05, 4.69) is 65.0 Å². The smallest absolute Gasteiger partial charge is 0.333 e. The first-order valence-corrected chi connectivity index (χ1v) is 15.3. The van der Waals surface area contributed by atoms with Gasteiger partial charge >= 0.3 is 10.3 Å². The van der Waals surface area contributed by atoms with Gasteiger partial charge in [0.05, 0.1) is 11.7 Å². The van der Waals surface area contributed by atoms with E-state index in [0.717, 1.165) is 51.4 Å². The Labute approximate surface area is 218 Å². The molecule has 4 aliphatic rings. The van der Waals surface area contributed by atoms with Crippen LogP contribution in [0.3, 0.4) is 0 Å². The lowest BCUT2D eigenvalue weighted by atomic mass is 9.46. The molecule has 0 unspecified atom stereocenters. The summed E-state index contributed by atoms with van der Waals surface area (Å²) in [7, 11) is -3.93. The normalized spacial score (nSPS) is 40.7. The molecule has 7 atom stereocenters. The number of hydrogen-bond donors (Lipinski definition) is 2. The first kappa shape index (κ1) is 26.4. The summed E-state index contributed by atoms with van der Waals surface area (Å²) in [5.74, 6) is 1.67. The van der Waals surface area contributed by atoms with Crippen LogP contribution in [0.25, 0.3) is 0 Å². The zero-order valence-corrected chi connectivity index (χ0v) is 23.5. The van der Waals surface area contributed by atoms with Crippen molar-refractivity contribution < 1.29 is 17.7 Å². The van der Waals surface area contributed by atoms with Crippen LogP contribution in [0.4, 0.5) is 0 Å². The predicted molar refractivity (Wildman–Crippen MR) is 143 cm³/mol. The van der Waals surface area contributed by atoms with E-state index in [1.807, 2.05) is 0 Å². The number of aliphatic hydroxyl groups is 1. The van der Waals surface area contributed by atoms with Crippen LogP contribution in [-0.2, 0) is 26.3 Å². The summed E-state index contributed by atoms with van der Waals surface area (Å²) < 4.78 is 28.2. The number of benzene rings is 1. The first-order valence-electron chi connectivity index (χ1n) is 13.9. The van der Waals surface area contributed by atoms with E-state index in [1.54, 1.807) is 0 Å². The summed E-state index contributed by atoms with van der Waals surface area (Å²) in [4.78, 5) is 0. The third-order valence-electron chi connectivity index (χ3n) is 11.0. The minimum atomic E-state index is -3.93. The van der Waals surface area contributed by atoms with E-state index in [0.29, 0.717) is 24.2 Å². The largest absolute Gasteiger partial charge is 0.389 e. The van der Waals surface area contributed by atoms with Crippen molar-refractivity contribution in [3.63, 3.8) is 0 Å². The Balaban J connectivity index is 1.35. The second-order valence-corrected chi connectivity index (χ2v) is 15.0. The fourth-order valence-electron chi connectivity index (χ4n) is 8.76. The van der Waals surface area contributed by atoms with Crippen LogP contribution in [0.15, 0.2) is 35.9 Å². The van der Waals surface area contributed by atoms with E-state index >= 15 is 0 Å². The van der Waals surface area contributed by atoms with Crippen LogP contribution in [-0.4, -0.2) is 25.2 Å². The zero-order chi connectivity index (χ0) is 26.1. The number of rotatable bonds is 4. The standard InChI is InChI=1S/C30H45NO4S/c1-27(2,3)21-8-6-20(7-9-21)19-30(32)17-14-26-24-11-10-22-18-23(35-36(31,33)34)12-15-28(22,4)25(24)13-16-29(26,30)5/h6-10,23-26,32H,11-19H2,1-5H3,(H2,31,33,34)/t23-,24+,25-,26-,28-,29-,30+/m0/s1. The molecular formula is C30H45NO4S. The lowest BCUT2D eigenvalue weighted by Crippen LogP contribution is -2.55. The number of fused-ring (bicyclic) bond motifs is 5. The van der Waals surface area contributed by atoms with Gasteiger partial charge in [0.1, 0.15) is 0 Å². The van der Waals surface area contributed by atoms with Gasteiger partial charge in [-0.3, -0.25) is 4.18 Å². The number of nitrogens with two attached hydrogens (primary N) is 1. The van der Waals surface area contributed by atoms with Gasteiger partial charge in [0.25, 0.3) is 0 Å². The second-order valence-electron chi connectivity index (χ2n) is 13.9. The molecular weight excluding hydrogens is 470 g/mol. The predicted octanol–water partition coefficient (Wildman–Crippen LogP) is 5.81. The highest BCUT2D eigenvalue weighted by Gasteiger charge is 2.63. The van der Waals surface area contributed by atoms with Crippen molar-refractivity contribution in [1.29, 1.82) is 0 Å². The minimum absolute atomic E-state index is 0.0769. The maximum atomic E-state index is 12.2. The lowest BCUT2D eigenvalue weighted by Gasteiger charge is -2.59. The summed E-state index contributed by atoms with van der Waals surface area (Å²) in [6.45, 7) is 11.5. The van der Waals surface area contributed by atoms with Crippen LogP contribution in [0.1, 0.15) is 97.1 Å². The molecule has 3 N–H and O–H groups in total. The Morgan fingerprint density at radius 1 is 1.03 bits per heavy atom. The van der Waals surface area contributed by atoms with Crippen LogP contribution in [0, 0.1) is 28.6 Å². The molecule has 5 nitrogen and oxygen atoms in total. The third-order valence-corrected chi connectivity index (χ3v) is 11.5. The van der Waals surface area contributed by atoms with Gasteiger partial charge in [0.2, 0.25) is 0 Å². The Kier molecular flexibility index (Phi) is 6.35. The highest BCUT2D eigenvalue weighted by atomic mass is 32.2. The van der Waals surface area contributed by atoms with Crippen LogP contribution in [0.2, 0.25) is 0 Å². The van der Waals surface area contributed by atoms with Gasteiger partial charge in [-0.05, 0) is 96.5 Å². The van der Waals surface area contributed by atoms with Gasteiger partial charge in [-0.2, -0.15) is 8.42 Å². The Bertz CT molecular complexity index is 1140. The molecule has 1 aromatic carbocycles. The first-order chi connectivity index (χ1) is 16.6. The highest BCUT2D eigenvalue weighted by Crippen LogP contribution is 2.67. The maximum absolute atomic E-state index is 12.2. The lowest BCUT2D eigenvalue weighted by molar-refractivity contribution is -0.123. The van der Waals surface area contributed by atoms with Crippen molar-refractivity contribution in [2.75, 3.05) is 0 Å². The van der Waals surface area contributed by atoms with Gasteiger partial charge in [0.15, 0.2) is 0 Å².